The van der Waals surface area contributed by atoms with Gasteiger partial charge in [0.2, 0.25) is 5.82 Å². The molecule has 6 nitrogen and oxygen atoms in total. The summed E-state index contributed by atoms with van der Waals surface area (Å²) in [5.41, 5.74) is 3.29. The number of aryl methyl sites for hydroxylation is 1. The third-order valence-electron chi connectivity index (χ3n) is 3.46. The molecule has 0 saturated carbocycles. The molecule has 1 aliphatic rings. The predicted molar refractivity (Wildman–Crippen MR) is 75.6 cm³/mol. The molecule has 2 aromatic rings. The van der Waals surface area contributed by atoms with E-state index in [4.69, 9.17) is 0 Å². The van der Waals surface area contributed by atoms with Crippen molar-refractivity contribution < 1.29 is 4.79 Å². The standard InChI is InChI=1S/C14H17N5O/c1-2-12-17-13(19-18-12)14(20)16-11-5-3-4-9-8-15-7-6-10(9)11/h3-5,15H,2,6-8H2,1H3,(H,16,20)(H,17,18,19). The lowest BCUT2D eigenvalue weighted by Gasteiger charge is -2.20. The fraction of sp³-hybridized carbons (Fsp3) is 0.357. The number of nitrogens with zero attached hydrogens (tertiary/aromatic N) is 2. The van der Waals surface area contributed by atoms with Crippen molar-refractivity contribution in [2.24, 2.45) is 0 Å². The lowest BCUT2D eigenvalue weighted by atomic mass is 9.99. The van der Waals surface area contributed by atoms with E-state index in [1.54, 1.807) is 0 Å². The highest BCUT2D eigenvalue weighted by atomic mass is 16.2. The van der Waals surface area contributed by atoms with Crippen LogP contribution in [0, 0.1) is 0 Å². The van der Waals surface area contributed by atoms with Gasteiger partial charge in [0.05, 0.1) is 0 Å². The van der Waals surface area contributed by atoms with Crippen LogP contribution in [0.3, 0.4) is 0 Å². The van der Waals surface area contributed by atoms with Crippen molar-refractivity contribution in [1.82, 2.24) is 20.5 Å². The van der Waals surface area contributed by atoms with Crippen LogP contribution in [0.25, 0.3) is 0 Å². The molecule has 0 aliphatic carbocycles. The maximum absolute atomic E-state index is 12.2. The SMILES string of the molecule is CCc1nc(C(=O)Nc2cccc3c2CCNC3)n[nH]1. The Bertz CT molecular complexity index is 634. The zero-order valence-electron chi connectivity index (χ0n) is 11.4. The van der Waals surface area contributed by atoms with Crippen molar-refractivity contribution in [3.05, 3.63) is 41.0 Å². The number of benzene rings is 1. The van der Waals surface area contributed by atoms with Crippen LogP contribution in [0.2, 0.25) is 0 Å². The molecule has 1 aromatic carbocycles. The van der Waals surface area contributed by atoms with Crippen molar-refractivity contribution >= 4 is 11.6 Å². The molecule has 2 heterocycles. The Morgan fingerprint density at radius 2 is 2.35 bits per heavy atom. The van der Waals surface area contributed by atoms with Crippen LogP contribution in [0.5, 0.6) is 0 Å². The summed E-state index contributed by atoms with van der Waals surface area (Å²) in [6.07, 6.45) is 1.65. The molecule has 0 fully saturated rings. The first kappa shape index (κ1) is 12.8. The number of rotatable bonds is 3. The van der Waals surface area contributed by atoms with Gasteiger partial charge >= 0.3 is 0 Å². The Balaban J connectivity index is 1.82. The van der Waals surface area contributed by atoms with E-state index in [-0.39, 0.29) is 11.7 Å². The zero-order chi connectivity index (χ0) is 13.9. The quantitative estimate of drug-likeness (QED) is 0.785. The molecule has 3 rings (SSSR count). The molecule has 6 heteroatoms. The summed E-state index contributed by atoms with van der Waals surface area (Å²) >= 11 is 0. The molecule has 0 radical (unpaired) electrons. The first-order chi connectivity index (χ1) is 9.78. The van der Waals surface area contributed by atoms with E-state index in [0.29, 0.717) is 0 Å². The van der Waals surface area contributed by atoms with E-state index < -0.39 is 0 Å². The van der Waals surface area contributed by atoms with Crippen LogP contribution in [0.15, 0.2) is 18.2 Å². The van der Waals surface area contributed by atoms with Gasteiger partial charge in [-0.25, -0.2) is 4.98 Å². The van der Waals surface area contributed by atoms with E-state index in [2.05, 4.69) is 31.9 Å². The first-order valence-corrected chi connectivity index (χ1v) is 6.82. The third kappa shape index (κ3) is 2.42. The maximum Gasteiger partial charge on any atom is 0.295 e. The number of hydrogen-bond acceptors (Lipinski definition) is 4. The van der Waals surface area contributed by atoms with E-state index >= 15 is 0 Å². The molecule has 104 valence electrons. The molecule has 0 atom stereocenters. The second-order valence-corrected chi connectivity index (χ2v) is 4.78. The summed E-state index contributed by atoms with van der Waals surface area (Å²) in [5.74, 6) is 0.635. The van der Waals surface area contributed by atoms with Crippen molar-refractivity contribution in [2.75, 3.05) is 11.9 Å². The fourth-order valence-electron chi connectivity index (χ4n) is 2.38. The van der Waals surface area contributed by atoms with Gasteiger partial charge in [-0.1, -0.05) is 19.1 Å². The highest BCUT2D eigenvalue weighted by Gasteiger charge is 2.17. The van der Waals surface area contributed by atoms with E-state index in [1.165, 1.54) is 11.1 Å². The summed E-state index contributed by atoms with van der Waals surface area (Å²) in [5, 5.41) is 12.9. The lowest BCUT2D eigenvalue weighted by molar-refractivity contribution is 0.101. The largest absolute Gasteiger partial charge is 0.319 e. The minimum absolute atomic E-state index is 0.188. The zero-order valence-corrected chi connectivity index (χ0v) is 11.4. The maximum atomic E-state index is 12.2. The molecular formula is C14H17N5O. The van der Waals surface area contributed by atoms with Gasteiger partial charge in [0.15, 0.2) is 0 Å². The number of aromatic nitrogens is 3. The van der Waals surface area contributed by atoms with Crippen LogP contribution in [-0.2, 0) is 19.4 Å². The van der Waals surface area contributed by atoms with Gasteiger partial charge < -0.3 is 10.6 Å². The summed E-state index contributed by atoms with van der Waals surface area (Å²) < 4.78 is 0. The number of hydrogen-bond donors (Lipinski definition) is 3. The third-order valence-corrected chi connectivity index (χ3v) is 3.46. The van der Waals surface area contributed by atoms with Crippen molar-refractivity contribution in [3.63, 3.8) is 0 Å². The molecule has 3 N–H and O–H groups in total. The smallest absolute Gasteiger partial charge is 0.295 e. The number of amides is 1. The average Bonchev–Trinajstić information content (AvgIpc) is 2.97. The van der Waals surface area contributed by atoms with Crippen LogP contribution < -0.4 is 10.6 Å². The topological polar surface area (TPSA) is 82.7 Å². The number of H-pyrrole nitrogens is 1. The summed E-state index contributed by atoms with van der Waals surface area (Å²) in [7, 11) is 0. The van der Waals surface area contributed by atoms with Gasteiger partial charge in [0.1, 0.15) is 5.82 Å². The normalized spacial score (nSPS) is 13.8. The van der Waals surface area contributed by atoms with Crippen LogP contribution in [0.4, 0.5) is 5.69 Å². The minimum Gasteiger partial charge on any atom is -0.319 e. The second kappa shape index (κ2) is 5.42. The molecule has 0 bridgehead atoms. The Morgan fingerprint density at radius 1 is 1.45 bits per heavy atom. The van der Waals surface area contributed by atoms with Crippen molar-refractivity contribution in [3.8, 4) is 0 Å². The minimum atomic E-state index is -0.270. The molecule has 0 spiro atoms. The van der Waals surface area contributed by atoms with E-state index in [0.717, 1.165) is 37.4 Å². The Morgan fingerprint density at radius 3 is 3.15 bits per heavy atom. The van der Waals surface area contributed by atoms with Gasteiger partial charge in [0, 0.05) is 18.7 Å². The van der Waals surface area contributed by atoms with Crippen LogP contribution in [-0.4, -0.2) is 27.6 Å². The van der Waals surface area contributed by atoms with Crippen molar-refractivity contribution in [1.29, 1.82) is 0 Å². The molecular weight excluding hydrogens is 254 g/mol. The van der Waals surface area contributed by atoms with E-state index in [1.807, 2.05) is 19.1 Å². The number of anilines is 1. The molecule has 1 amide bonds. The van der Waals surface area contributed by atoms with Gasteiger partial charge in [-0.05, 0) is 30.2 Å². The first-order valence-electron chi connectivity index (χ1n) is 6.82. The Labute approximate surface area is 117 Å². The van der Waals surface area contributed by atoms with Crippen molar-refractivity contribution in [2.45, 2.75) is 26.3 Å². The average molecular weight is 271 g/mol. The highest BCUT2D eigenvalue weighted by molar-refractivity contribution is 6.02. The number of carbonyl (C=O) groups excluding carboxylic acids is 1. The highest BCUT2D eigenvalue weighted by Crippen LogP contribution is 2.23. The monoisotopic (exact) mass is 271 g/mol. The summed E-state index contributed by atoms with van der Waals surface area (Å²) in [4.78, 5) is 16.3. The second-order valence-electron chi connectivity index (χ2n) is 4.78. The molecule has 0 unspecified atom stereocenters. The van der Waals surface area contributed by atoms with E-state index in [9.17, 15) is 4.79 Å². The number of aromatic amines is 1. The molecule has 1 aromatic heterocycles. The van der Waals surface area contributed by atoms with Gasteiger partial charge in [-0.2, -0.15) is 0 Å². The van der Waals surface area contributed by atoms with Crippen LogP contribution in [0.1, 0.15) is 34.5 Å². The molecule has 0 saturated heterocycles. The Hall–Kier alpha value is -2.21. The van der Waals surface area contributed by atoms with Crippen LogP contribution >= 0.6 is 0 Å². The predicted octanol–water partition coefficient (Wildman–Crippen LogP) is 1.27. The molecule has 1 aliphatic heterocycles. The number of carbonyl (C=O) groups is 1. The summed E-state index contributed by atoms with van der Waals surface area (Å²) in [6, 6.07) is 5.96. The fourth-order valence-corrected chi connectivity index (χ4v) is 2.38. The van der Waals surface area contributed by atoms with Gasteiger partial charge in [-0.15, -0.1) is 5.10 Å². The summed E-state index contributed by atoms with van der Waals surface area (Å²) in [6.45, 7) is 3.74. The Kier molecular flexibility index (Phi) is 3.47. The molecule has 20 heavy (non-hydrogen) atoms. The number of fused-ring (bicyclic) bond motifs is 1. The lowest BCUT2D eigenvalue weighted by Crippen LogP contribution is -2.25. The van der Waals surface area contributed by atoms with Gasteiger partial charge in [0.25, 0.3) is 5.91 Å². The number of nitrogens with one attached hydrogen (secondary N) is 3. The van der Waals surface area contributed by atoms with Gasteiger partial charge in [-0.3, -0.25) is 9.89 Å².